The molecule has 5 nitrogen and oxygen atoms in total. The van der Waals surface area contributed by atoms with Crippen LogP contribution in [0.5, 0.6) is 5.88 Å². The Morgan fingerprint density at radius 1 is 1.41 bits per heavy atom. The Balaban J connectivity index is 2.60. The zero-order chi connectivity index (χ0) is 12.9. The molecular formula is C12H22N4O. The number of nitrogens with zero attached hydrogens (tertiary/aromatic N) is 3. The molecule has 0 fully saturated rings. The van der Waals surface area contributed by atoms with Crippen LogP contribution in [0.2, 0.25) is 0 Å². The molecule has 0 unspecified atom stereocenters. The zero-order valence-electron chi connectivity index (χ0n) is 11.3. The minimum Gasteiger partial charge on any atom is -0.478 e. The van der Waals surface area contributed by atoms with Crippen LogP contribution in [-0.4, -0.2) is 47.7 Å². The van der Waals surface area contributed by atoms with Crippen LogP contribution in [-0.2, 0) is 0 Å². The Bertz CT molecular complexity index is 352. The summed E-state index contributed by atoms with van der Waals surface area (Å²) in [6.07, 6.45) is 1.70. The van der Waals surface area contributed by atoms with E-state index in [1.54, 1.807) is 12.3 Å². The first-order chi connectivity index (χ1) is 7.95. The molecule has 0 radical (unpaired) electrons. The van der Waals surface area contributed by atoms with Gasteiger partial charge in [0.05, 0.1) is 6.61 Å². The van der Waals surface area contributed by atoms with Gasteiger partial charge in [0.1, 0.15) is 0 Å². The summed E-state index contributed by atoms with van der Waals surface area (Å²) in [5.41, 5.74) is 0.0466. The maximum atomic E-state index is 5.32. The summed E-state index contributed by atoms with van der Waals surface area (Å²) in [4.78, 5) is 10.6. The van der Waals surface area contributed by atoms with Crippen molar-refractivity contribution in [3.8, 4) is 5.88 Å². The van der Waals surface area contributed by atoms with E-state index in [1.807, 2.05) is 6.92 Å². The van der Waals surface area contributed by atoms with Gasteiger partial charge < -0.3 is 15.0 Å². The lowest BCUT2D eigenvalue weighted by molar-refractivity contribution is 0.209. The van der Waals surface area contributed by atoms with Gasteiger partial charge in [-0.25, -0.2) is 4.98 Å². The van der Waals surface area contributed by atoms with Crippen LogP contribution in [0.15, 0.2) is 12.3 Å². The van der Waals surface area contributed by atoms with E-state index in [2.05, 4.69) is 48.1 Å². The van der Waals surface area contributed by atoms with Crippen molar-refractivity contribution >= 4 is 5.95 Å². The molecule has 1 aromatic heterocycles. The second-order valence-corrected chi connectivity index (χ2v) is 4.71. The van der Waals surface area contributed by atoms with Gasteiger partial charge in [-0.05, 0) is 34.9 Å². The van der Waals surface area contributed by atoms with Gasteiger partial charge in [0.2, 0.25) is 11.8 Å². The number of hydrogen-bond acceptors (Lipinski definition) is 5. The molecule has 0 saturated heterocycles. The van der Waals surface area contributed by atoms with E-state index in [0.29, 0.717) is 18.4 Å². The van der Waals surface area contributed by atoms with Crippen LogP contribution in [0.25, 0.3) is 0 Å². The molecule has 0 bridgehead atoms. The van der Waals surface area contributed by atoms with Gasteiger partial charge in [-0.2, -0.15) is 4.98 Å². The van der Waals surface area contributed by atoms with Gasteiger partial charge in [-0.15, -0.1) is 0 Å². The SMILES string of the molecule is CCOc1ccnc(NCC(C)(C)N(C)C)n1. The predicted octanol–water partition coefficient (Wildman–Crippen LogP) is 1.63. The molecule has 0 aliphatic rings. The van der Waals surface area contributed by atoms with E-state index in [-0.39, 0.29) is 5.54 Å². The summed E-state index contributed by atoms with van der Waals surface area (Å²) in [6, 6.07) is 1.76. The molecular weight excluding hydrogens is 216 g/mol. The van der Waals surface area contributed by atoms with Crippen molar-refractivity contribution in [2.75, 3.05) is 32.6 Å². The molecule has 1 N–H and O–H groups in total. The molecule has 1 heterocycles. The maximum Gasteiger partial charge on any atom is 0.226 e. The summed E-state index contributed by atoms with van der Waals surface area (Å²) in [5, 5.41) is 3.22. The summed E-state index contributed by atoms with van der Waals surface area (Å²) in [5.74, 6) is 1.21. The smallest absolute Gasteiger partial charge is 0.226 e. The molecule has 0 amide bonds. The first kappa shape index (κ1) is 13.7. The van der Waals surface area contributed by atoms with Crippen molar-refractivity contribution in [2.45, 2.75) is 26.3 Å². The minimum atomic E-state index is 0.0466. The molecule has 96 valence electrons. The first-order valence-corrected chi connectivity index (χ1v) is 5.83. The van der Waals surface area contributed by atoms with Crippen LogP contribution in [0, 0.1) is 0 Å². The summed E-state index contributed by atoms with van der Waals surface area (Å²) >= 11 is 0. The fraction of sp³-hybridized carbons (Fsp3) is 0.667. The number of likely N-dealkylation sites (N-methyl/N-ethyl adjacent to an activating group) is 1. The highest BCUT2D eigenvalue weighted by Gasteiger charge is 2.20. The Labute approximate surface area is 103 Å². The van der Waals surface area contributed by atoms with E-state index in [4.69, 9.17) is 4.74 Å². The van der Waals surface area contributed by atoms with Gasteiger partial charge in [0, 0.05) is 24.3 Å². The summed E-state index contributed by atoms with van der Waals surface area (Å²) < 4.78 is 5.32. The van der Waals surface area contributed by atoms with Crippen molar-refractivity contribution < 1.29 is 4.74 Å². The van der Waals surface area contributed by atoms with Crippen molar-refractivity contribution in [2.24, 2.45) is 0 Å². The molecule has 0 atom stereocenters. The first-order valence-electron chi connectivity index (χ1n) is 5.83. The summed E-state index contributed by atoms with van der Waals surface area (Å²) in [7, 11) is 4.11. The molecule has 5 heteroatoms. The van der Waals surface area contributed by atoms with Crippen LogP contribution in [0.3, 0.4) is 0 Å². The number of aromatic nitrogens is 2. The third kappa shape index (κ3) is 4.19. The summed E-state index contributed by atoms with van der Waals surface area (Å²) in [6.45, 7) is 7.64. The number of ether oxygens (including phenoxy) is 1. The minimum absolute atomic E-state index is 0.0466. The molecule has 0 spiro atoms. The van der Waals surface area contributed by atoms with E-state index in [9.17, 15) is 0 Å². The fourth-order valence-corrected chi connectivity index (χ4v) is 1.11. The molecule has 0 aliphatic heterocycles. The van der Waals surface area contributed by atoms with E-state index in [1.165, 1.54) is 0 Å². The largest absolute Gasteiger partial charge is 0.478 e. The van der Waals surface area contributed by atoms with Crippen LogP contribution in [0.1, 0.15) is 20.8 Å². The quantitative estimate of drug-likeness (QED) is 0.816. The van der Waals surface area contributed by atoms with Gasteiger partial charge >= 0.3 is 0 Å². The van der Waals surface area contributed by atoms with Crippen molar-refractivity contribution in [1.29, 1.82) is 0 Å². The Morgan fingerprint density at radius 2 is 2.12 bits per heavy atom. The third-order valence-electron chi connectivity index (χ3n) is 2.81. The Morgan fingerprint density at radius 3 is 2.71 bits per heavy atom. The second-order valence-electron chi connectivity index (χ2n) is 4.71. The lowest BCUT2D eigenvalue weighted by Gasteiger charge is -2.32. The highest BCUT2D eigenvalue weighted by molar-refractivity contribution is 5.28. The van der Waals surface area contributed by atoms with Crippen molar-refractivity contribution in [3.05, 3.63) is 12.3 Å². The van der Waals surface area contributed by atoms with Gasteiger partial charge in [0.15, 0.2) is 0 Å². The Kier molecular flexibility index (Phi) is 4.69. The van der Waals surface area contributed by atoms with Gasteiger partial charge in [-0.3, -0.25) is 0 Å². The zero-order valence-corrected chi connectivity index (χ0v) is 11.3. The van der Waals surface area contributed by atoms with E-state index < -0.39 is 0 Å². The van der Waals surface area contributed by atoms with Gasteiger partial charge in [-0.1, -0.05) is 0 Å². The van der Waals surface area contributed by atoms with Crippen molar-refractivity contribution in [1.82, 2.24) is 14.9 Å². The van der Waals surface area contributed by atoms with Crippen molar-refractivity contribution in [3.63, 3.8) is 0 Å². The predicted molar refractivity (Wildman–Crippen MR) is 69.5 cm³/mol. The standard InChI is InChI=1S/C12H22N4O/c1-6-17-10-7-8-13-11(15-10)14-9-12(2,3)16(4)5/h7-8H,6,9H2,1-5H3,(H,13,14,15). The molecule has 17 heavy (non-hydrogen) atoms. The lowest BCUT2D eigenvalue weighted by Crippen LogP contribution is -2.44. The van der Waals surface area contributed by atoms with Crippen LogP contribution in [0.4, 0.5) is 5.95 Å². The monoisotopic (exact) mass is 238 g/mol. The Hall–Kier alpha value is -1.36. The van der Waals surface area contributed by atoms with E-state index in [0.717, 1.165) is 6.54 Å². The van der Waals surface area contributed by atoms with Crippen LogP contribution < -0.4 is 10.1 Å². The second kappa shape index (κ2) is 5.82. The fourth-order valence-electron chi connectivity index (χ4n) is 1.11. The number of nitrogens with one attached hydrogen (secondary N) is 1. The third-order valence-corrected chi connectivity index (χ3v) is 2.81. The lowest BCUT2D eigenvalue weighted by atomic mass is 10.1. The molecule has 1 rings (SSSR count). The number of hydrogen-bond donors (Lipinski definition) is 1. The van der Waals surface area contributed by atoms with Gasteiger partial charge in [0.25, 0.3) is 0 Å². The normalized spacial score (nSPS) is 11.6. The average molecular weight is 238 g/mol. The molecule has 1 aromatic rings. The maximum absolute atomic E-state index is 5.32. The highest BCUT2D eigenvalue weighted by atomic mass is 16.5. The molecule has 0 saturated carbocycles. The number of anilines is 1. The highest BCUT2D eigenvalue weighted by Crippen LogP contribution is 2.12. The molecule has 0 aromatic carbocycles. The van der Waals surface area contributed by atoms with Crippen LogP contribution >= 0.6 is 0 Å². The number of rotatable bonds is 6. The average Bonchev–Trinajstić information content (AvgIpc) is 2.27. The van der Waals surface area contributed by atoms with E-state index >= 15 is 0 Å². The topological polar surface area (TPSA) is 50.3 Å². The molecule has 0 aliphatic carbocycles.